The van der Waals surface area contributed by atoms with Gasteiger partial charge in [0.15, 0.2) is 0 Å². The van der Waals surface area contributed by atoms with Crippen LogP contribution in [0.2, 0.25) is 0 Å². The van der Waals surface area contributed by atoms with Crippen LogP contribution in [-0.2, 0) is 12.1 Å². The van der Waals surface area contributed by atoms with E-state index in [2.05, 4.69) is 46.3 Å². The molecule has 1 aromatic carbocycles. The molecule has 0 saturated carbocycles. The minimum Gasteiger partial charge on any atom is -0.385 e. The largest absolute Gasteiger partial charge is 0.385 e. The smallest absolute Gasteiger partial charge is 0.140 e. The monoisotopic (exact) mass is 333 g/mol. The Morgan fingerprint density at radius 3 is 2.56 bits per heavy atom. The molecular formula is C21H23N3O. The van der Waals surface area contributed by atoms with Crippen molar-refractivity contribution in [3.05, 3.63) is 65.5 Å². The molecule has 3 heterocycles. The summed E-state index contributed by atoms with van der Waals surface area (Å²) >= 11 is 0. The molecule has 2 fully saturated rings. The van der Waals surface area contributed by atoms with Gasteiger partial charge >= 0.3 is 0 Å². The van der Waals surface area contributed by atoms with Gasteiger partial charge in [-0.05, 0) is 48.9 Å². The predicted molar refractivity (Wildman–Crippen MR) is 95.5 cm³/mol. The van der Waals surface area contributed by atoms with Crippen LogP contribution in [0.15, 0.2) is 48.7 Å². The number of hydrogen-bond donors (Lipinski definition) is 1. The van der Waals surface area contributed by atoms with E-state index in [1.165, 1.54) is 12.0 Å². The summed E-state index contributed by atoms with van der Waals surface area (Å²) in [7, 11) is 0. The van der Waals surface area contributed by atoms with Gasteiger partial charge in [0.2, 0.25) is 0 Å². The number of benzene rings is 1. The third-order valence-corrected chi connectivity index (χ3v) is 5.78. The van der Waals surface area contributed by atoms with E-state index in [0.717, 1.165) is 37.8 Å². The highest BCUT2D eigenvalue weighted by Crippen LogP contribution is 2.44. The van der Waals surface area contributed by atoms with Gasteiger partial charge in [-0.2, -0.15) is 5.26 Å². The summed E-state index contributed by atoms with van der Waals surface area (Å²) in [6.07, 6.45) is 6.58. The van der Waals surface area contributed by atoms with Crippen LogP contribution in [0.25, 0.3) is 0 Å². The summed E-state index contributed by atoms with van der Waals surface area (Å²) < 4.78 is 0. The van der Waals surface area contributed by atoms with Crippen LogP contribution in [-0.4, -0.2) is 27.1 Å². The average molecular weight is 333 g/mol. The van der Waals surface area contributed by atoms with E-state index in [-0.39, 0.29) is 0 Å². The van der Waals surface area contributed by atoms with Crippen LogP contribution < -0.4 is 0 Å². The van der Waals surface area contributed by atoms with Gasteiger partial charge in [0.05, 0.1) is 5.60 Å². The van der Waals surface area contributed by atoms with E-state index in [1.807, 2.05) is 6.07 Å². The molecular weight excluding hydrogens is 310 g/mol. The van der Waals surface area contributed by atoms with Crippen molar-refractivity contribution in [1.29, 1.82) is 5.26 Å². The van der Waals surface area contributed by atoms with Crippen LogP contribution in [0.4, 0.5) is 0 Å². The second-order valence-electron chi connectivity index (χ2n) is 7.38. The number of nitriles is 1. The first-order valence-electron chi connectivity index (χ1n) is 9.07. The lowest BCUT2D eigenvalue weighted by atomic mass is 9.72. The van der Waals surface area contributed by atoms with Gasteiger partial charge in [-0.15, -0.1) is 0 Å². The van der Waals surface area contributed by atoms with Gasteiger partial charge in [0.25, 0.3) is 0 Å². The lowest BCUT2D eigenvalue weighted by Crippen LogP contribution is -2.56. The Morgan fingerprint density at radius 1 is 1.16 bits per heavy atom. The van der Waals surface area contributed by atoms with Crippen LogP contribution >= 0.6 is 0 Å². The number of fused-ring (bicyclic) bond motifs is 2. The molecule has 4 nitrogen and oxygen atoms in total. The molecule has 2 atom stereocenters. The van der Waals surface area contributed by atoms with Gasteiger partial charge in [-0.25, -0.2) is 4.98 Å². The minimum atomic E-state index is -0.850. The zero-order chi connectivity index (χ0) is 17.3. The van der Waals surface area contributed by atoms with E-state index >= 15 is 0 Å². The van der Waals surface area contributed by atoms with Gasteiger partial charge in [-0.3, -0.25) is 4.90 Å². The highest BCUT2D eigenvalue weighted by molar-refractivity contribution is 5.31. The standard InChI is InChI=1S/C21H23N3O/c22-14-18-11-17(9-10-23-18)21(25)12-19-7-4-8-20(13-21)24(19)15-16-5-2-1-3-6-16/h1-3,5-6,9-11,19-20,25H,4,7-8,12-13,15H2. The second kappa shape index (κ2) is 6.59. The molecule has 2 unspecified atom stereocenters. The zero-order valence-electron chi connectivity index (χ0n) is 14.3. The molecule has 0 spiro atoms. The normalized spacial score (nSPS) is 29.1. The quantitative estimate of drug-likeness (QED) is 0.936. The summed E-state index contributed by atoms with van der Waals surface area (Å²) in [6, 6.07) is 17.1. The lowest BCUT2D eigenvalue weighted by Gasteiger charge is -2.52. The summed E-state index contributed by atoms with van der Waals surface area (Å²) in [6.45, 7) is 0.950. The van der Waals surface area contributed by atoms with Gasteiger partial charge in [-0.1, -0.05) is 36.8 Å². The topological polar surface area (TPSA) is 60.1 Å². The minimum absolute atomic E-state index is 0.378. The van der Waals surface area contributed by atoms with Crippen molar-refractivity contribution >= 4 is 0 Å². The van der Waals surface area contributed by atoms with Crippen LogP contribution in [0.1, 0.15) is 48.9 Å². The van der Waals surface area contributed by atoms with E-state index in [4.69, 9.17) is 5.26 Å². The Kier molecular flexibility index (Phi) is 4.29. The van der Waals surface area contributed by atoms with Gasteiger partial charge < -0.3 is 5.11 Å². The maximum atomic E-state index is 11.4. The number of rotatable bonds is 3. The molecule has 0 amide bonds. The summed E-state index contributed by atoms with van der Waals surface area (Å²) in [5, 5.41) is 20.5. The Balaban J connectivity index is 1.59. The van der Waals surface area contributed by atoms with Crippen LogP contribution in [0, 0.1) is 11.3 Å². The van der Waals surface area contributed by atoms with Crippen molar-refractivity contribution in [3.63, 3.8) is 0 Å². The number of aromatic nitrogens is 1. The molecule has 4 rings (SSSR count). The molecule has 2 aliphatic heterocycles. The number of hydrogen-bond acceptors (Lipinski definition) is 4. The maximum Gasteiger partial charge on any atom is 0.140 e. The lowest BCUT2D eigenvalue weighted by molar-refractivity contribution is -0.0999. The molecule has 2 saturated heterocycles. The third-order valence-electron chi connectivity index (χ3n) is 5.78. The number of aliphatic hydroxyl groups is 1. The molecule has 128 valence electrons. The maximum absolute atomic E-state index is 11.4. The summed E-state index contributed by atoms with van der Waals surface area (Å²) in [5.41, 5.74) is 1.70. The van der Waals surface area contributed by atoms with Gasteiger partial charge in [0.1, 0.15) is 11.8 Å². The van der Waals surface area contributed by atoms with E-state index in [9.17, 15) is 5.11 Å². The molecule has 4 heteroatoms. The molecule has 1 N–H and O–H groups in total. The summed E-state index contributed by atoms with van der Waals surface area (Å²) in [5.74, 6) is 0. The van der Waals surface area contributed by atoms with Gasteiger partial charge in [0, 0.05) is 24.8 Å². The molecule has 2 aliphatic rings. The second-order valence-corrected chi connectivity index (χ2v) is 7.38. The fourth-order valence-electron chi connectivity index (χ4n) is 4.59. The van der Waals surface area contributed by atoms with E-state index in [1.54, 1.807) is 12.3 Å². The van der Waals surface area contributed by atoms with Crippen molar-refractivity contribution in [2.75, 3.05) is 0 Å². The number of piperidine rings is 2. The fourth-order valence-corrected chi connectivity index (χ4v) is 4.59. The van der Waals surface area contributed by atoms with Crippen LogP contribution in [0.3, 0.4) is 0 Å². The Labute approximate surface area is 148 Å². The molecule has 1 aromatic heterocycles. The predicted octanol–water partition coefficient (Wildman–Crippen LogP) is 3.36. The van der Waals surface area contributed by atoms with E-state index < -0.39 is 5.60 Å². The first-order chi connectivity index (χ1) is 12.2. The van der Waals surface area contributed by atoms with E-state index in [0.29, 0.717) is 17.8 Å². The highest BCUT2D eigenvalue weighted by atomic mass is 16.3. The highest BCUT2D eigenvalue weighted by Gasteiger charge is 2.46. The van der Waals surface area contributed by atoms with Crippen molar-refractivity contribution in [2.24, 2.45) is 0 Å². The Morgan fingerprint density at radius 2 is 1.88 bits per heavy atom. The van der Waals surface area contributed by atoms with Crippen molar-refractivity contribution in [1.82, 2.24) is 9.88 Å². The first-order valence-corrected chi connectivity index (χ1v) is 9.07. The average Bonchev–Trinajstić information content (AvgIpc) is 2.64. The Hall–Kier alpha value is -2.22. The van der Waals surface area contributed by atoms with Crippen molar-refractivity contribution < 1.29 is 5.11 Å². The molecule has 0 aliphatic carbocycles. The van der Waals surface area contributed by atoms with Crippen LogP contribution in [0.5, 0.6) is 0 Å². The molecule has 25 heavy (non-hydrogen) atoms. The molecule has 0 radical (unpaired) electrons. The molecule has 2 aromatic rings. The number of nitrogens with zero attached hydrogens (tertiary/aromatic N) is 3. The first kappa shape index (κ1) is 16.3. The van der Waals surface area contributed by atoms with Crippen molar-refractivity contribution in [3.8, 4) is 6.07 Å². The number of pyridine rings is 1. The van der Waals surface area contributed by atoms with Crippen molar-refractivity contribution in [2.45, 2.75) is 56.3 Å². The zero-order valence-corrected chi connectivity index (χ0v) is 14.3. The third kappa shape index (κ3) is 3.18. The fraction of sp³-hybridized carbons (Fsp3) is 0.429. The summed E-state index contributed by atoms with van der Waals surface area (Å²) in [4.78, 5) is 6.63. The SMILES string of the molecule is N#Cc1cc(C2(O)CC3CCCC(C2)N3Cc2ccccc2)ccn1. The Bertz CT molecular complexity index is 769. The molecule has 2 bridgehead atoms.